The highest BCUT2D eigenvalue weighted by Crippen LogP contribution is 2.28. The van der Waals surface area contributed by atoms with E-state index in [1.807, 2.05) is 0 Å². The smallest absolute Gasteiger partial charge is 0.253 e. The average molecular weight is 365 g/mol. The molecule has 1 aromatic carbocycles. The Morgan fingerprint density at radius 2 is 2.24 bits per heavy atom. The van der Waals surface area contributed by atoms with Crippen LogP contribution in [0.5, 0.6) is 0 Å². The first kappa shape index (κ1) is 17.8. The Morgan fingerprint density at radius 1 is 1.44 bits per heavy atom. The fourth-order valence-electron chi connectivity index (χ4n) is 3.16. The number of rotatable bonds is 6. The number of methoxy groups -OCH3 is 1. The summed E-state index contributed by atoms with van der Waals surface area (Å²) < 4.78 is 6.84. The van der Waals surface area contributed by atoms with Crippen molar-refractivity contribution < 1.29 is 9.53 Å². The monoisotopic (exact) mass is 364 g/mol. The maximum Gasteiger partial charge on any atom is 0.253 e. The molecule has 9 heteroatoms. The first-order chi connectivity index (χ1) is 12.1. The average Bonchev–Trinajstić information content (AvgIpc) is 3.15. The number of tetrazole rings is 1. The van der Waals surface area contributed by atoms with Gasteiger partial charge in [-0.2, -0.15) is 4.68 Å². The van der Waals surface area contributed by atoms with Gasteiger partial charge in [-0.25, -0.2) is 0 Å². The van der Waals surface area contributed by atoms with Crippen LogP contribution in [0.2, 0.25) is 5.02 Å². The number of nitrogens with zero attached hydrogens (tertiary/aromatic N) is 4. The van der Waals surface area contributed by atoms with Crippen molar-refractivity contribution in [1.82, 2.24) is 30.8 Å². The van der Waals surface area contributed by atoms with Crippen LogP contribution in [-0.2, 0) is 4.74 Å². The van der Waals surface area contributed by atoms with Gasteiger partial charge in [0.15, 0.2) is 0 Å². The van der Waals surface area contributed by atoms with Crippen molar-refractivity contribution in [3.63, 3.8) is 0 Å². The molecule has 1 aliphatic rings. The maximum absolute atomic E-state index is 12.8. The number of carbonyl (C=O) groups excluding carboxylic acids is 1. The minimum Gasteiger partial charge on any atom is -0.384 e. The van der Waals surface area contributed by atoms with Gasteiger partial charge in [0.2, 0.25) is 0 Å². The highest BCUT2D eigenvalue weighted by molar-refractivity contribution is 6.31. The number of hydrogen-bond acceptors (Lipinski definition) is 6. The zero-order valence-electron chi connectivity index (χ0n) is 14.0. The molecule has 134 valence electrons. The van der Waals surface area contributed by atoms with E-state index in [-0.39, 0.29) is 11.3 Å². The van der Waals surface area contributed by atoms with Gasteiger partial charge in [-0.05, 0) is 54.6 Å². The van der Waals surface area contributed by atoms with Crippen molar-refractivity contribution in [2.24, 2.45) is 5.41 Å². The standard InChI is InChI=1S/C16H21ClN6O2/c1-25-10-16(4-6-18-7-5-16)9-19-15(24)13-8-12(17)2-3-14(13)23-11-20-21-22-23/h2-3,8,11,18H,4-7,9-10H2,1H3,(H,19,24). The SMILES string of the molecule is COCC1(CNC(=O)c2cc(Cl)ccc2-n2cnnn2)CCNCC1. The molecule has 0 unspecified atom stereocenters. The largest absolute Gasteiger partial charge is 0.384 e. The zero-order chi connectivity index (χ0) is 17.7. The van der Waals surface area contributed by atoms with E-state index in [0.717, 1.165) is 25.9 Å². The molecule has 2 aromatic rings. The molecule has 0 aliphatic carbocycles. The van der Waals surface area contributed by atoms with Gasteiger partial charge >= 0.3 is 0 Å². The van der Waals surface area contributed by atoms with Crippen molar-refractivity contribution in [3.05, 3.63) is 35.1 Å². The normalized spacial score (nSPS) is 16.6. The number of benzene rings is 1. The molecule has 1 fully saturated rings. The van der Waals surface area contributed by atoms with Gasteiger partial charge in [-0.1, -0.05) is 11.6 Å². The van der Waals surface area contributed by atoms with E-state index < -0.39 is 0 Å². The Kier molecular flexibility index (Phi) is 5.62. The summed E-state index contributed by atoms with van der Waals surface area (Å²) in [7, 11) is 1.69. The van der Waals surface area contributed by atoms with Crippen LogP contribution in [0.1, 0.15) is 23.2 Å². The van der Waals surface area contributed by atoms with Crippen LogP contribution in [0.4, 0.5) is 0 Å². The molecule has 2 heterocycles. The number of aromatic nitrogens is 4. The fourth-order valence-corrected chi connectivity index (χ4v) is 3.33. The van der Waals surface area contributed by atoms with Crippen molar-refractivity contribution in [2.45, 2.75) is 12.8 Å². The molecule has 0 saturated carbocycles. The lowest BCUT2D eigenvalue weighted by Gasteiger charge is -2.37. The molecule has 1 amide bonds. The lowest BCUT2D eigenvalue weighted by atomic mass is 9.79. The minimum absolute atomic E-state index is 0.0524. The summed E-state index contributed by atoms with van der Waals surface area (Å²) >= 11 is 6.08. The third-order valence-corrected chi connectivity index (χ3v) is 4.77. The highest BCUT2D eigenvalue weighted by atomic mass is 35.5. The van der Waals surface area contributed by atoms with E-state index in [4.69, 9.17) is 16.3 Å². The van der Waals surface area contributed by atoms with Crippen LogP contribution in [0.3, 0.4) is 0 Å². The number of ether oxygens (including phenoxy) is 1. The van der Waals surface area contributed by atoms with E-state index in [1.54, 1.807) is 25.3 Å². The van der Waals surface area contributed by atoms with Gasteiger partial charge in [0, 0.05) is 24.1 Å². The first-order valence-electron chi connectivity index (χ1n) is 8.14. The van der Waals surface area contributed by atoms with Crippen LogP contribution in [0.25, 0.3) is 5.69 Å². The second-order valence-corrected chi connectivity index (χ2v) is 6.72. The fraction of sp³-hybridized carbons (Fsp3) is 0.500. The number of carbonyl (C=O) groups is 1. The Balaban J connectivity index is 1.78. The topological polar surface area (TPSA) is 94.0 Å². The third kappa shape index (κ3) is 4.15. The molecule has 2 N–H and O–H groups in total. The van der Waals surface area contributed by atoms with Gasteiger partial charge in [0.25, 0.3) is 5.91 Å². The Hall–Kier alpha value is -2.03. The quantitative estimate of drug-likeness (QED) is 0.796. The van der Waals surface area contributed by atoms with Gasteiger partial charge in [0.05, 0.1) is 17.9 Å². The molecule has 1 saturated heterocycles. The summed E-state index contributed by atoms with van der Waals surface area (Å²) in [5, 5.41) is 18.0. The summed E-state index contributed by atoms with van der Waals surface area (Å²) in [6, 6.07) is 5.05. The minimum atomic E-state index is -0.206. The third-order valence-electron chi connectivity index (χ3n) is 4.54. The maximum atomic E-state index is 12.8. The molecule has 0 radical (unpaired) electrons. The Morgan fingerprint density at radius 3 is 2.92 bits per heavy atom. The second-order valence-electron chi connectivity index (χ2n) is 6.28. The molecular formula is C16H21ClN6O2. The predicted octanol–water partition coefficient (Wildman–Crippen LogP) is 1.06. The van der Waals surface area contributed by atoms with E-state index in [0.29, 0.717) is 29.4 Å². The molecule has 25 heavy (non-hydrogen) atoms. The number of nitrogens with one attached hydrogen (secondary N) is 2. The number of piperidine rings is 1. The van der Waals surface area contributed by atoms with Crippen LogP contribution < -0.4 is 10.6 Å². The molecule has 1 aromatic heterocycles. The van der Waals surface area contributed by atoms with Gasteiger partial charge < -0.3 is 15.4 Å². The van der Waals surface area contributed by atoms with Crippen molar-refractivity contribution in [3.8, 4) is 5.69 Å². The first-order valence-corrected chi connectivity index (χ1v) is 8.52. The lowest BCUT2D eigenvalue weighted by molar-refractivity contribution is 0.0511. The summed E-state index contributed by atoms with van der Waals surface area (Å²) in [5.41, 5.74) is 0.961. The van der Waals surface area contributed by atoms with E-state index in [9.17, 15) is 4.79 Å². The number of halogens is 1. The summed E-state index contributed by atoms with van der Waals surface area (Å²) in [5.74, 6) is -0.206. The van der Waals surface area contributed by atoms with Crippen LogP contribution in [-0.4, -0.2) is 59.5 Å². The molecule has 3 rings (SSSR count). The molecule has 1 aliphatic heterocycles. The molecule has 0 spiro atoms. The van der Waals surface area contributed by atoms with E-state index in [2.05, 4.69) is 26.2 Å². The highest BCUT2D eigenvalue weighted by Gasteiger charge is 2.32. The van der Waals surface area contributed by atoms with Crippen LogP contribution in [0, 0.1) is 5.41 Å². The van der Waals surface area contributed by atoms with Crippen molar-refractivity contribution in [1.29, 1.82) is 0 Å². The van der Waals surface area contributed by atoms with Gasteiger partial charge in [0.1, 0.15) is 6.33 Å². The zero-order valence-corrected chi connectivity index (χ0v) is 14.8. The summed E-state index contributed by atoms with van der Waals surface area (Å²) in [6.07, 6.45) is 3.35. The van der Waals surface area contributed by atoms with Gasteiger partial charge in [-0.3, -0.25) is 4.79 Å². The molecular weight excluding hydrogens is 344 g/mol. The summed E-state index contributed by atoms with van der Waals surface area (Å²) in [6.45, 7) is 3.01. The molecule has 0 bridgehead atoms. The van der Waals surface area contributed by atoms with Gasteiger partial charge in [-0.15, -0.1) is 5.10 Å². The lowest BCUT2D eigenvalue weighted by Crippen LogP contribution is -2.47. The van der Waals surface area contributed by atoms with Crippen LogP contribution in [0.15, 0.2) is 24.5 Å². The van der Waals surface area contributed by atoms with Crippen molar-refractivity contribution >= 4 is 17.5 Å². The Labute approximate surface area is 150 Å². The second kappa shape index (κ2) is 7.90. The molecule has 8 nitrogen and oxygen atoms in total. The Bertz CT molecular complexity index is 710. The summed E-state index contributed by atoms with van der Waals surface area (Å²) in [4.78, 5) is 12.8. The molecule has 0 atom stereocenters. The van der Waals surface area contributed by atoms with E-state index in [1.165, 1.54) is 11.0 Å². The number of amides is 1. The van der Waals surface area contributed by atoms with Crippen molar-refractivity contribution in [2.75, 3.05) is 33.4 Å². The van der Waals surface area contributed by atoms with E-state index >= 15 is 0 Å². The van der Waals surface area contributed by atoms with Crippen LogP contribution >= 0.6 is 11.6 Å². The number of hydrogen-bond donors (Lipinski definition) is 2. The predicted molar refractivity (Wildman–Crippen MR) is 92.9 cm³/mol.